The summed E-state index contributed by atoms with van der Waals surface area (Å²) in [5, 5.41) is 15.3. The first kappa shape index (κ1) is 7.83. The summed E-state index contributed by atoms with van der Waals surface area (Å²) in [7, 11) is 0. The van der Waals surface area contributed by atoms with Crippen molar-refractivity contribution in [3.05, 3.63) is 11.8 Å². The van der Waals surface area contributed by atoms with Gasteiger partial charge in [-0.25, -0.2) is 0 Å². The van der Waals surface area contributed by atoms with Crippen molar-refractivity contribution >= 4 is 6.29 Å². The Morgan fingerprint density at radius 2 is 2.45 bits per heavy atom. The molecule has 0 amide bonds. The van der Waals surface area contributed by atoms with Gasteiger partial charge in [0.2, 0.25) is 12.2 Å². The Balaban J connectivity index is 2.79. The van der Waals surface area contributed by atoms with Gasteiger partial charge in [-0.2, -0.15) is 0 Å². The fourth-order valence-corrected chi connectivity index (χ4v) is 0.522. The van der Waals surface area contributed by atoms with E-state index in [0.717, 1.165) is 0 Å². The number of aldehydes is 1. The first-order chi connectivity index (χ1) is 5.27. The van der Waals surface area contributed by atoms with Crippen LogP contribution in [0.15, 0.2) is 4.42 Å². The van der Waals surface area contributed by atoms with E-state index in [1.54, 1.807) is 0 Å². The quantitative estimate of drug-likeness (QED) is 0.538. The Morgan fingerprint density at radius 1 is 1.73 bits per heavy atom. The molecule has 0 aliphatic rings. The van der Waals surface area contributed by atoms with E-state index in [4.69, 9.17) is 15.3 Å². The maximum atomic E-state index is 10.0. The van der Waals surface area contributed by atoms with Crippen molar-refractivity contribution < 1.29 is 14.3 Å². The first-order valence-electron chi connectivity index (χ1n) is 2.93. The van der Waals surface area contributed by atoms with Crippen LogP contribution in [0.5, 0.6) is 0 Å². The van der Waals surface area contributed by atoms with E-state index in [2.05, 4.69) is 10.2 Å². The first-order valence-corrected chi connectivity index (χ1v) is 2.93. The van der Waals surface area contributed by atoms with E-state index in [-0.39, 0.29) is 18.4 Å². The number of hydrogen-bond acceptors (Lipinski definition) is 6. The topological polar surface area (TPSA) is 102 Å². The SMILES string of the molecule is NC(CO)c1nnc(C=O)o1. The average Bonchev–Trinajstić information content (AvgIpc) is 2.50. The predicted molar refractivity (Wildman–Crippen MR) is 33.7 cm³/mol. The van der Waals surface area contributed by atoms with Gasteiger partial charge in [0.05, 0.1) is 6.61 Å². The number of nitrogens with two attached hydrogens (primary N) is 1. The second-order valence-electron chi connectivity index (χ2n) is 1.89. The minimum Gasteiger partial charge on any atom is -0.417 e. The molecule has 0 aliphatic heterocycles. The monoisotopic (exact) mass is 157 g/mol. The van der Waals surface area contributed by atoms with Gasteiger partial charge >= 0.3 is 0 Å². The van der Waals surface area contributed by atoms with Crippen molar-refractivity contribution in [2.75, 3.05) is 6.61 Å². The van der Waals surface area contributed by atoms with Gasteiger partial charge in [-0.1, -0.05) is 0 Å². The molecule has 11 heavy (non-hydrogen) atoms. The number of carbonyl (C=O) groups excluding carboxylic acids is 1. The Morgan fingerprint density at radius 3 is 2.91 bits per heavy atom. The summed E-state index contributed by atoms with van der Waals surface area (Å²) >= 11 is 0. The van der Waals surface area contributed by atoms with E-state index in [1.165, 1.54) is 0 Å². The molecule has 3 N–H and O–H groups in total. The van der Waals surface area contributed by atoms with Crippen LogP contribution in [0.2, 0.25) is 0 Å². The Labute approximate surface area is 62.0 Å². The van der Waals surface area contributed by atoms with E-state index in [0.29, 0.717) is 6.29 Å². The molecule has 6 heteroatoms. The molecule has 0 radical (unpaired) electrons. The molecule has 1 rings (SSSR count). The fraction of sp³-hybridized carbons (Fsp3) is 0.400. The molecule has 1 aromatic rings. The van der Waals surface area contributed by atoms with Crippen molar-refractivity contribution in [1.82, 2.24) is 10.2 Å². The maximum absolute atomic E-state index is 10.0. The molecule has 0 fully saturated rings. The summed E-state index contributed by atoms with van der Waals surface area (Å²) in [6.07, 6.45) is 0.417. The van der Waals surface area contributed by atoms with Crippen molar-refractivity contribution in [3.8, 4) is 0 Å². The maximum Gasteiger partial charge on any atom is 0.280 e. The van der Waals surface area contributed by atoms with Crippen LogP contribution in [0.4, 0.5) is 0 Å². The number of aliphatic hydroxyl groups is 1. The third-order valence-electron chi connectivity index (χ3n) is 1.07. The molecule has 1 atom stereocenters. The Kier molecular flexibility index (Phi) is 2.29. The second kappa shape index (κ2) is 3.22. The van der Waals surface area contributed by atoms with Gasteiger partial charge in [0, 0.05) is 0 Å². The number of nitrogens with zero attached hydrogens (tertiary/aromatic N) is 2. The largest absolute Gasteiger partial charge is 0.417 e. The van der Waals surface area contributed by atoms with Crippen LogP contribution in [0, 0.1) is 0 Å². The van der Waals surface area contributed by atoms with E-state index in [1.807, 2.05) is 0 Å². The van der Waals surface area contributed by atoms with Crippen LogP contribution in [0.3, 0.4) is 0 Å². The van der Waals surface area contributed by atoms with Gasteiger partial charge < -0.3 is 15.3 Å². The van der Waals surface area contributed by atoms with Gasteiger partial charge in [-0.3, -0.25) is 4.79 Å². The summed E-state index contributed by atoms with van der Waals surface area (Å²) in [5.41, 5.74) is 5.30. The highest BCUT2D eigenvalue weighted by atomic mass is 16.4. The summed E-state index contributed by atoms with van der Waals surface area (Å²) in [6.45, 7) is -0.291. The number of rotatable bonds is 3. The number of carbonyl (C=O) groups is 1. The minimum atomic E-state index is -0.712. The molecular weight excluding hydrogens is 150 g/mol. The lowest BCUT2D eigenvalue weighted by Gasteiger charge is -1.98. The molecular formula is C5H7N3O3. The summed E-state index contributed by atoms with van der Waals surface area (Å²) in [4.78, 5) is 10.0. The third-order valence-corrected chi connectivity index (χ3v) is 1.07. The van der Waals surface area contributed by atoms with Gasteiger partial charge in [-0.15, -0.1) is 10.2 Å². The van der Waals surface area contributed by atoms with E-state index < -0.39 is 6.04 Å². The zero-order valence-corrected chi connectivity index (χ0v) is 5.60. The van der Waals surface area contributed by atoms with Gasteiger partial charge in [0.25, 0.3) is 5.89 Å². The molecule has 0 bridgehead atoms. The second-order valence-corrected chi connectivity index (χ2v) is 1.89. The van der Waals surface area contributed by atoms with Crippen molar-refractivity contribution in [3.63, 3.8) is 0 Å². The lowest BCUT2D eigenvalue weighted by atomic mass is 10.3. The van der Waals surface area contributed by atoms with Crippen LogP contribution in [0.25, 0.3) is 0 Å². The molecule has 1 aromatic heterocycles. The van der Waals surface area contributed by atoms with Gasteiger partial charge in [-0.05, 0) is 0 Å². The molecule has 0 spiro atoms. The van der Waals surface area contributed by atoms with Crippen LogP contribution in [-0.2, 0) is 0 Å². The van der Waals surface area contributed by atoms with E-state index in [9.17, 15) is 4.79 Å². The lowest BCUT2D eigenvalue weighted by molar-refractivity contribution is 0.109. The molecule has 1 unspecified atom stereocenters. The Hall–Kier alpha value is -1.27. The minimum absolute atomic E-state index is 0.0644. The van der Waals surface area contributed by atoms with Crippen molar-refractivity contribution in [2.45, 2.75) is 6.04 Å². The summed E-state index contributed by atoms with van der Waals surface area (Å²) < 4.78 is 4.71. The fourth-order valence-electron chi connectivity index (χ4n) is 0.522. The summed E-state index contributed by atoms with van der Waals surface area (Å²) in [6, 6.07) is -0.712. The van der Waals surface area contributed by atoms with Crippen LogP contribution < -0.4 is 5.73 Å². The molecule has 0 aliphatic carbocycles. The number of hydrogen-bond donors (Lipinski definition) is 2. The van der Waals surface area contributed by atoms with E-state index >= 15 is 0 Å². The van der Waals surface area contributed by atoms with Crippen molar-refractivity contribution in [1.29, 1.82) is 0 Å². The van der Waals surface area contributed by atoms with Crippen LogP contribution in [0.1, 0.15) is 22.6 Å². The molecule has 0 aromatic carbocycles. The third kappa shape index (κ3) is 1.60. The number of aromatic nitrogens is 2. The Bertz CT molecular complexity index is 247. The summed E-state index contributed by atoms with van der Waals surface area (Å²) in [5.74, 6) is -0.0708. The highest BCUT2D eigenvalue weighted by molar-refractivity contribution is 5.66. The zero-order chi connectivity index (χ0) is 8.27. The van der Waals surface area contributed by atoms with Crippen LogP contribution >= 0.6 is 0 Å². The lowest BCUT2D eigenvalue weighted by Crippen LogP contribution is -2.14. The molecule has 6 nitrogen and oxygen atoms in total. The number of aliphatic hydroxyl groups excluding tert-OH is 1. The average molecular weight is 157 g/mol. The normalized spacial score (nSPS) is 12.9. The highest BCUT2D eigenvalue weighted by Crippen LogP contribution is 2.05. The molecule has 1 heterocycles. The van der Waals surface area contributed by atoms with Gasteiger partial charge in [0.1, 0.15) is 6.04 Å². The zero-order valence-electron chi connectivity index (χ0n) is 5.60. The molecule has 0 saturated heterocycles. The van der Waals surface area contributed by atoms with Crippen LogP contribution in [-0.4, -0.2) is 28.2 Å². The molecule has 60 valence electrons. The standard InChI is InChI=1S/C5H7N3O3/c6-3(1-9)5-8-7-4(2-10)11-5/h2-3,9H,1,6H2. The molecule has 0 saturated carbocycles. The highest BCUT2D eigenvalue weighted by Gasteiger charge is 2.12. The smallest absolute Gasteiger partial charge is 0.280 e. The van der Waals surface area contributed by atoms with Crippen molar-refractivity contribution in [2.24, 2.45) is 5.73 Å². The predicted octanol–water partition coefficient (Wildman–Crippen LogP) is -1.13. The van der Waals surface area contributed by atoms with Gasteiger partial charge in [0.15, 0.2) is 0 Å².